The highest BCUT2D eigenvalue weighted by Gasteiger charge is 2.14. The number of benzene rings is 1. The summed E-state index contributed by atoms with van der Waals surface area (Å²) in [5, 5.41) is 15.8. The van der Waals surface area contributed by atoms with Gasteiger partial charge >= 0.3 is 0 Å². The van der Waals surface area contributed by atoms with Crippen molar-refractivity contribution >= 4 is 21.5 Å². The van der Waals surface area contributed by atoms with E-state index < -0.39 is 10.0 Å². The van der Waals surface area contributed by atoms with Crippen molar-refractivity contribution < 1.29 is 12.8 Å². The molecule has 0 saturated carbocycles. The number of anilines is 1. The van der Waals surface area contributed by atoms with Crippen molar-refractivity contribution in [1.29, 1.82) is 0 Å². The van der Waals surface area contributed by atoms with Crippen molar-refractivity contribution in [2.75, 3.05) is 11.9 Å². The van der Waals surface area contributed by atoms with E-state index in [0.29, 0.717) is 30.3 Å². The van der Waals surface area contributed by atoms with Gasteiger partial charge in [-0.15, -0.1) is 15.3 Å². The van der Waals surface area contributed by atoms with Gasteiger partial charge in [-0.05, 0) is 43.3 Å². The summed E-state index contributed by atoms with van der Waals surface area (Å²) in [7, 11) is -3.58. The molecule has 9 nitrogen and oxygen atoms in total. The maximum atomic E-state index is 12.4. The summed E-state index contributed by atoms with van der Waals surface area (Å²) >= 11 is 0. The summed E-state index contributed by atoms with van der Waals surface area (Å²) in [6.07, 6.45) is 1.96. The zero-order valence-electron chi connectivity index (χ0n) is 15.7. The molecule has 0 amide bonds. The molecule has 150 valence electrons. The third-order valence-corrected chi connectivity index (χ3v) is 5.80. The van der Waals surface area contributed by atoms with Gasteiger partial charge in [-0.1, -0.05) is 17.7 Å². The minimum Gasteiger partial charge on any atom is -0.467 e. The fourth-order valence-electron chi connectivity index (χ4n) is 2.77. The largest absolute Gasteiger partial charge is 0.467 e. The van der Waals surface area contributed by atoms with E-state index >= 15 is 0 Å². The van der Waals surface area contributed by atoms with Crippen LogP contribution in [0.25, 0.3) is 5.65 Å². The van der Waals surface area contributed by atoms with Gasteiger partial charge in [0.15, 0.2) is 11.5 Å². The fraction of sp³-hybridized carbons (Fsp3) is 0.211. The summed E-state index contributed by atoms with van der Waals surface area (Å²) in [4.78, 5) is 0.233. The van der Waals surface area contributed by atoms with E-state index in [-0.39, 0.29) is 11.4 Å². The van der Waals surface area contributed by atoms with Crippen LogP contribution in [0.5, 0.6) is 0 Å². The Morgan fingerprint density at radius 2 is 1.90 bits per heavy atom. The monoisotopic (exact) mass is 412 g/mol. The van der Waals surface area contributed by atoms with Crippen molar-refractivity contribution in [3.63, 3.8) is 0 Å². The number of rotatable bonds is 8. The number of aromatic nitrogens is 4. The molecule has 3 aromatic heterocycles. The number of hydrogen-bond donors (Lipinski definition) is 2. The van der Waals surface area contributed by atoms with Crippen LogP contribution in [0.2, 0.25) is 0 Å². The number of sulfonamides is 1. The van der Waals surface area contributed by atoms with Crippen LogP contribution < -0.4 is 10.0 Å². The van der Waals surface area contributed by atoms with Crippen LogP contribution in [-0.2, 0) is 23.0 Å². The maximum Gasteiger partial charge on any atom is 0.240 e. The van der Waals surface area contributed by atoms with Gasteiger partial charge in [0.2, 0.25) is 10.0 Å². The molecular weight excluding hydrogens is 392 g/mol. The molecule has 0 aliphatic carbocycles. The molecule has 0 aliphatic rings. The Morgan fingerprint density at radius 3 is 2.66 bits per heavy atom. The van der Waals surface area contributed by atoms with E-state index in [2.05, 4.69) is 25.3 Å². The van der Waals surface area contributed by atoms with Gasteiger partial charge in [-0.25, -0.2) is 13.1 Å². The SMILES string of the molecule is Cc1ccc(S(=O)(=O)NCCc2nnc3ccc(NCc4ccco4)nn23)cc1. The summed E-state index contributed by atoms with van der Waals surface area (Å²) < 4.78 is 34.3. The van der Waals surface area contributed by atoms with Gasteiger partial charge in [-0.3, -0.25) is 0 Å². The lowest BCUT2D eigenvalue weighted by molar-refractivity contribution is 0.517. The summed E-state index contributed by atoms with van der Waals surface area (Å²) in [6, 6.07) is 14.0. The minimum absolute atomic E-state index is 0.183. The first kappa shape index (κ1) is 19.1. The second-order valence-corrected chi connectivity index (χ2v) is 8.27. The molecule has 4 aromatic rings. The van der Waals surface area contributed by atoms with Crippen molar-refractivity contribution in [3.05, 3.63) is 71.9 Å². The Morgan fingerprint density at radius 1 is 1.07 bits per heavy atom. The normalized spacial score (nSPS) is 11.8. The Bertz CT molecular complexity index is 1200. The Labute approximate surface area is 167 Å². The molecule has 0 saturated heterocycles. The lowest BCUT2D eigenvalue weighted by Gasteiger charge is -2.07. The number of aryl methyl sites for hydroxylation is 1. The van der Waals surface area contributed by atoms with Crippen molar-refractivity contribution in [3.8, 4) is 0 Å². The molecule has 0 spiro atoms. The van der Waals surface area contributed by atoms with Crippen LogP contribution in [0.4, 0.5) is 5.82 Å². The smallest absolute Gasteiger partial charge is 0.240 e. The molecule has 0 bridgehead atoms. The van der Waals surface area contributed by atoms with E-state index in [1.54, 1.807) is 47.2 Å². The lowest BCUT2D eigenvalue weighted by atomic mass is 10.2. The molecule has 0 aliphatic heterocycles. The molecular formula is C19H20N6O3S. The van der Waals surface area contributed by atoms with Crippen molar-refractivity contribution in [2.45, 2.75) is 24.8 Å². The van der Waals surface area contributed by atoms with Gasteiger partial charge in [0.05, 0.1) is 17.7 Å². The summed E-state index contributed by atoms with van der Waals surface area (Å²) in [6.45, 7) is 2.59. The molecule has 0 fully saturated rings. The van der Waals surface area contributed by atoms with E-state index in [1.165, 1.54) is 0 Å². The maximum absolute atomic E-state index is 12.4. The Hall–Kier alpha value is -3.24. The summed E-state index contributed by atoms with van der Waals surface area (Å²) in [5.74, 6) is 1.99. The average Bonchev–Trinajstić information content (AvgIpc) is 3.36. The van der Waals surface area contributed by atoms with Crippen LogP contribution in [0, 0.1) is 6.92 Å². The van der Waals surface area contributed by atoms with E-state index in [9.17, 15) is 8.42 Å². The first-order chi connectivity index (χ1) is 14.0. The highest BCUT2D eigenvalue weighted by Crippen LogP contribution is 2.11. The molecule has 2 N–H and O–H groups in total. The molecule has 1 aromatic carbocycles. The van der Waals surface area contributed by atoms with E-state index in [1.807, 2.05) is 19.1 Å². The molecule has 4 rings (SSSR count). The zero-order chi connectivity index (χ0) is 20.3. The van der Waals surface area contributed by atoms with E-state index in [0.717, 1.165) is 11.3 Å². The Balaban J connectivity index is 1.42. The van der Waals surface area contributed by atoms with Gasteiger partial charge in [0.1, 0.15) is 11.6 Å². The highest BCUT2D eigenvalue weighted by atomic mass is 32.2. The summed E-state index contributed by atoms with van der Waals surface area (Å²) in [5.41, 5.74) is 1.59. The van der Waals surface area contributed by atoms with Crippen LogP contribution in [0.3, 0.4) is 0 Å². The van der Waals surface area contributed by atoms with Gasteiger partial charge in [-0.2, -0.15) is 4.52 Å². The third-order valence-electron chi connectivity index (χ3n) is 4.32. The first-order valence-corrected chi connectivity index (χ1v) is 10.5. The van der Waals surface area contributed by atoms with Crippen LogP contribution in [0.15, 0.2) is 64.1 Å². The lowest BCUT2D eigenvalue weighted by Crippen LogP contribution is -2.26. The predicted octanol–water partition coefficient (Wildman–Crippen LogP) is 2.16. The molecule has 10 heteroatoms. The standard InChI is InChI=1S/C19H20N6O3S/c1-14-4-6-16(7-5-14)29(26,27)21-11-10-19-23-22-18-9-8-17(24-25(18)19)20-13-15-3-2-12-28-15/h2-9,12,21H,10-11,13H2,1H3,(H,20,24). The number of nitrogens with one attached hydrogen (secondary N) is 2. The topological polar surface area (TPSA) is 114 Å². The van der Waals surface area contributed by atoms with Gasteiger partial charge in [0.25, 0.3) is 0 Å². The minimum atomic E-state index is -3.58. The second-order valence-electron chi connectivity index (χ2n) is 6.50. The fourth-order valence-corrected chi connectivity index (χ4v) is 3.80. The van der Waals surface area contributed by atoms with Crippen LogP contribution >= 0.6 is 0 Å². The number of fused-ring (bicyclic) bond motifs is 1. The molecule has 0 radical (unpaired) electrons. The molecule has 29 heavy (non-hydrogen) atoms. The third kappa shape index (κ3) is 4.44. The van der Waals surface area contributed by atoms with E-state index in [4.69, 9.17) is 4.42 Å². The average molecular weight is 412 g/mol. The quantitative estimate of drug-likeness (QED) is 0.456. The van der Waals surface area contributed by atoms with Crippen LogP contribution in [-0.4, -0.2) is 34.8 Å². The second kappa shape index (κ2) is 8.02. The molecule has 0 atom stereocenters. The molecule has 0 unspecified atom stereocenters. The predicted molar refractivity (Wildman–Crippen MR) is 107 cm³/mol. The Kier molecular flexibility index (Phi) is 5.28. The van der Waals surface area contributed by atoms with Gasteiger partial charge in [0, 0.05) is 13.0 Å². The highest BCUT2D eigenvalue weighted by molar-refractivity contribution is 7.89. The number of furan rings is 1. The molecule has 3 heterocycles. The van der Waals surface area contributed by atoms with Crippen molar-refractivity contribution in [2.24, 2.45) is 0 Å². The van der Waals surface area contributed by atoms with Gasteiger partial charge < -0.3 is 9.73 Å². The zero-order valence-corrected chi connectivity index (χ0v) is 16.6. The number of hydrogen-bond acceptors (Lipinski definition) is 7. The van der Waals surface area contributed by atoms with Crippen LogP contribution in [0.1, 0.15) is 17.1 Å². The first-order valence-electron chi connectivity index (χ1n) is 9.05. The number of nitrogens with zero attached hydrogens (tertiary/aromatic N) is 4. The van der Waals surface area contributed by atoms with Crippen molar-refractivity contribution in [1.82, 2.24) is 24.5 Å².